The van der Waals surface area contributed by atoms with Gasteiger partial charge in [-0.15, -0.1) is 0 Å². The molecule has 3 aliphatic heterocycles. The fourth-order valence-electron chi connectivity index (χ4n) is 3.79. The van der Waals surface area contributed by atoms with Gasteiger partial charge in [0.1, 0.15) is 11.6 Å². The molecule has 3 N–H and O–H groups in total. The van der Waals surface area contributed by atoms with Crippen molar-refractivity contribution in [2.75, 3.05) is 13.1 Å². The molecule has 0 radical (unpaired) electrons. The van der Waals surface area contributed by atoms with E-state index < -0.39 is 17.6 Å². The van der Waals surface area contributed by atoms with E-state index in [1.807, 2.05) is 0 Å². The average molecular weight is 344 g/mol. The summed E-state index contributed by atoms with van der Waals surface area (Å²) in [6, 6.07) is 2.74. The van der Waals surface area contributed by atoms with Gasteiger partial charge in [0.05, 0.1) is 23.5 Å². The monoisotopic (exact) mass is 344 g/mol. The minimum atomic E-state index is -0.981. The second-order valence-electron chi connectivity index (χ2n) is 6.87. The van der Waals surface area contributed by atoms with Crippen molar-refractivity contribution in [3.8, 4) is 0 Å². The molecule has 2 saturated heterocycles. The van der Waals surface area contributed by atoms with Crippen LogP contribution < -0.4 is 10.6 Å². The third-order valence-corrected chi connectivity index (χ3v) is 5.28. The van der Waals surface area contributed by atoms with Gasteiger partial charge in [-0.1, -0.05) is 0 Å². The van der Waals surface area contributed by atoms with E-state index in [0.29, 0.717) is 36.2 Å². The first kappa shape index (κ1) is 16.2. The molecular weight excluding hydrogens is 324 g/mol. The van der Waals surface area contributed by atoms with Crippen LogP contribution in [0.3, 0.4) is 0 Å². The van der Waals surface area contributed by atoms with Gasteiger partial charge < -0.3 is 15.3 Å². The molecular formula is C17H20N4O4. The normalized spacial score (nSPS) is 25.7. The van der Waals surface area contributed by atoms with E-state index in [1.54, 1.807) is 12.1 Å². The first-order valence-corrected chi connectivity index (χ1v) is 8.56. The van der Waals surface area contributed by atoms with E-state index in [1.165, 1.54) is 4.90 Å². The van der Waals surface area contributed by atoms with Crippen molar-refractivity contribution in [1.82, 2.24) is 20.5 Å². The van der Waals surface area contributed by atoms with Crippen LogP contribution in [0.15, 0.2) is 12.1 Å². The van der Waals surface area contributed by atoms with Gasteiger partial charge in [-0.3, -0.25) is 24.7 Å². The Hall–Kier alpha value is -2.32. The molecule has 132 valence electrons. The zero-order valence-corrected chi connectivity index (χ0v) is 13.7. The third kappa shape index (κ3) is 2.71. The third-order valence-electron chi connectivity index (χ3n) is 5.28. The van der Waals surface area contributed by atoms with Crippen LogP contribution in [-0.4, -0.2) is 51.8 Å². The van der Waals surface area contributed by atoms with Crippen LogP contribution >= 0.6 is 0 Å². The van der Waals surface area contributed by atoms with Crippen molar-refractivity contribution in [3.63, 3.8) is 0 Å². The molecule has 0 aromatic carbocycles. The maximum atomic E-state index is 12.6. The number of imide groups is 1. The van der Waals surface area contributed by atoms with Crippen molar-refractivity contribution in [1.29, 1.82) is 0 Å². The number of carbonyl (C=O) groups excluding carboxylic acids is 3. The molecule has 0 aliphatic carbocycles. The summed E-state index contributed by atoms with van der Waals surface area (Å²) in [6.45, 7) is 1.66. The van der Waals surface area contributed by atoms with E-state index in [0.717, 1.165) is 13.1 Å². The van der Waals surface area contributed by atoms with Gasteiger partial charge in [-0.25, -0.2) is 0 Å². The molecule has 1 atom stereocenters. The predicted octanol–water partition coefficient (Wildman–Crippen LogP) is -0.586. The van der Waals surface area contributed by atoms with E-state index in [9.17, 15) is 19.5 Å². The largest absolute Gasteiger partial charge is 0.383 e. The lowest BCUT2D eigenvalue weighted by atomic mass is 9.88. The van der Waals surface area contributed by atoms with Crippen molar-refractivity contribution in [2.24, 2.45) is 0 Å². The molecule has 0 spiro atoms. The maximum absolute atomic E-state index is 12.6. The number of hydrogen-bond donors (Lipinski definition) is 3. The Bertz CT molecular complexity index is 757. The molecule has 3 aliphatic rings. The van der Waals surface area contributed by atoms with E-state index in [4.69, 9.17) is 0 Å². The summed E-state index contributed by atoms with van der Waals surface area (Å²) in [6.07, 6.45) is 1.70. The SMILES string of the molecule is O=C1CCC(N2Cc3nc(C4(O)CCNCC4)ccc3C2=O)C(=O)N1. The first-order chi connectivity index (χ1) is 12.0. The molecule has 0 saturated carbocycles. The molecule has 1 aromatic heterocycles. The fraction of sp³-hybridized carbons (Fsp3) is 0.529. The number of hydrogen-bond acceptors (Lipinski definition) is 6. The topological polar surface area (TPSA) is 112 Å². The quantitative estimate of drug-likeness (QED) is 0.619. The molecule has 4 heterocycles. The number of nitrogens with one attached hydrogen (secondary N) is 2. The standard InChI is InChI=1S/C17H20N4O4/c22-14-4-2-12(15(23)20-14)21-9-11-10(16(21)24)1-3-13(19-11)17(25)5-7-18-8-6-17/h1,3,12,18,25H,2,4-9H2,(H,20,22,23). The Morgan fingerprint density at radius 1 is 1.20 bits per heavy atom. The highest BCUT2D eigenvalue weighted by Crippen LogP contribution is 2.32. The second-order valence-corrected chi connectivity index (χ2v) is 6.87. The molecule has 8 nitrogen and oxygen atoms in total. The summed E-state index contributed by atoms with van der Waals surface area (Å²) in [7, 11) is 0. The molecule has 25 heavy (non-hydrogen) atoms. The number of piperidine rings is 2. The average Bonchev–Trinajstić information content (AvgIpc) is 2.92. The van der Waals surface area contributed by atoms with Gasteiger partial charge in [0.15, 0.2) is 0 Å². The van der Waals surface area contributed by atoms with E-state index >= 15 is 0 Å². The molecule has 3 amide bonds. The van der Waals surface area contributed by atoms with Crippen LogP contribution in [0.1, 0.15) is 47.4 Å². The number of aliphatic hydroxyl groups is 1. The zero-order valence-electron chi connectivity index (χ0n) is 13.7. The van der Waals surface area contributed by atoms with Crippen LogP contribution in [-0.2, 0) is 21.7 Å². The Morgan fingerprint density at radius 2 is 1.96 bits per heavy atom. The molecule has 2 fully saturated rings. The molecule has 1 aromatic rings. The Labute approximate surface area is 144 Å². The molecule has 4 rings (SSSR count). The van der Waals surface area contributed by atoms with Crippen LogP contribution in [0.25, 0.3) is 0 Å². The number of nitrogens with zero attached hydrogens (tertiary/aromatic N) is 2. The summed E-state index contributed by atoms with van der Waals surface area (Å²) in [5.74, 6) is -0.991. The number of fused-ring (bicyclic) bond motifs is 1. The highest BCUT2D eigenvalue weighted by atomic mass is 16.3. The Morgan fingerprint density at radius 3 is 2.68 bits per heavy atom. The van der Waals surface area contributed by atoms with Crippen LogP contribution in [0.5, 0.6) is 0 Å². The summed E-state index contributed by atoms with van der Waals surface area (Å²) in [5, 5.41) is 16.3. The Balaban J connectivity index is 1.59. The van der Waals surface area contributed by atoms with E-state index in [2.05, 4.69) is 15.6 Å². The molecule has 8 heteroatoms. The molecule has 0 bridgehead atoms. The number of pyridine rings is 1. The second kappa shape index (κ2) is 5.89. The summed E-state index contributed by atoms with van der Waals surface area (Å²) < 4.78 is 0. The predicted molar refractivity (Wildman–Crippen MR) is 86.3 cm³/mol. The van der Waals surface area contributed by atoms with Crippen molar-refractivity contribution in [3.05, 3.63) is 29.1 Å². The minimum absolute atomic E-state index is 0.224. The van der Waals surface area contributed by atoms with Crippen molar-refractivity contribution >= 4 is 17.7 Å². The maximum Gasteiger partial charge on any atom is 0.256 e. The zero-order chi connectivity index (χ0) is 17.6. The van der Waals surface area contributed by atoms with Crippen molar-refractivity contribution in [2.45, 2.75) is 43.9 Å². The smallest absolute Gasteiger partial charge is 0.256 e. The van der Waals surface area contributed by atoms with Crippen LogP contribution in [0.4, 0.5) is 0 Å². The lowest BCUT2D eigenvalue weighted by molar-refractivity contribution is -0.136. The highest BCUT2D eigenvalue weighted by Gasteiger charge is 2.41. The highest BCUT2D eigenvalue weighted by molar-refractivity contribution is 6.05. The van der Waals surface area contributed by atoms with Gasteiger partial charge in [0, 0.05) is 6.42 Å². The lowest BCUT2D eigenvalue weighted by Gasteiger charge is -2.32. The van der Waals surface area contributed by atoms with Crippen LogP contribution in [0.2, 0.25) is 0 Å². The van der Waals surface area contributed by atoms with Crippen molar-refractivity contribution < 1.29 is 19.5 Å². The van der Waals surface area contributed by atoms with Gasteiger partial charge >= 0.3 is 0 Å². The molecule has 1 unspecified atom stereocenters. The van der Waals surface area contributed by atoms with Gasteiger partial charge in [-0.2, -0.15) is 0 Å². The number of amides is 3. The summed E-state index contributed by atoms with van der Waals surface area (Å²) >= 11 is 0. The lowest BCUT2D eigenvalue weighted by Crippen LogP contribution is -2.52. The number of rotatable bonds is 2. The van der Waals surface area contributed by atoms with E-state index in [-0.39, 0.29) is 24.8 Å². The number of carbonyl (C=O) groups is 3. The van der Waals surface area contributed by atoms with Gasteiger partial charge in [0.25, 0.3) is 5.91 Å². The summed E-state index contributed by atoms with van der Waals surface area (Å²) in [5.41, 5.74) is 0.640. The van der Waals surface area contributed by atoms with Crippen LogP contribution in [0, 0.1) is 0 Å². The van der Waals surface area contributed by atoms with Gasteiger partial charge in [0.2, 0.25) is 11.8 Å². The fourth-order valence-corrected chi connectivity index (χ4v) is 3.79. The minimum Gasteiger partial charge on any atom is -0.383 e. The van der Waals surface area contributed by atoms with Gasteiger partial charge in [-0.05, 0) is 44.5 Å². The first-order valence-electron chi connectivity index (χ1n) is 8.56. The number of aromatic nitrogens is 1. The Kier molecular flexibility index (Phi) is 3.81. The summed E-state index contributed by atoms with van der Waals surface area (Å²) in [4.78, 5) is 42.0.